The Balaban J connectivity index is 0.000000378. The molecule has 0 aliphatic rings. The van der Waals surface area contributed by atoms with Gasteiger partial charge in [0.25, 0.3) is 5.09 Å². The molecule has 13 nitrogen and oxygen atoms in total. The summed E-state index contributed by atoms with van der Waals surface area (Å²) in [5, 5.41) is 41.1. The SMILES string of the molecule is CCCCc1nc(Cl)c(CO)n1Cc1ccc(-c2ccccc2-c2nn[nH]n2)cc1.O=C(O)CCCO[N+](=O)[O-]. The number of aromatic amines is 1. The Labute approximate surface area is 234 Å². The number of aromatic nitrogens is 6. The summed E-state index contributed by atoms with van der Waals surface area (Å²) in [6.07, 6.45) is 3.01. The van der Waals surface area contributed by atoms with Crippen molar-refractivity contribution in [1.82, 2.24) is 30.2 Å². The first-order chi connectivity index (χ1) is 19.3. The molecule has 0 radical (unpaired) electrons. The number of imidazole rings is 1. The average Bonchev–Trinajstić information content (AvgIpc) is 3.58. The van der Waals surface area contributed by atoms with Crippen LogP contribution in [0.5, 0.6) is 0 Å². The predicted octanol–water partition coefficient (Wildman–Crippen LogP) is 4.33. The summed E-state index contributed by atoms with van der Waals surface area (Å²) in [5.41, 5.74) is 4.80. The number of unbranched alkanes of at least 4 members (excludes halogenated alkanes) is 1. The molecule has 2 aromatic carbocycles. The molecule has 0 saturated heterocycles. The highest BCUT2D eigenvalue weighted by Gasteiger charge is 2.16. The number of rotatable bonds is 13. The van der Waals surface area contributed by atoms with Crippen molar-refractivity contribution in [3.05, 3.63) is 80.9 Å². The molecule has 0 atom stereocenters. The van der Waals surface area contributed by atoms with Crippen LogP contribution >= 0.6 is 11.6 Å². The highest BCUT2D eigenvalue weighted by molar-refractivity contribution is 6.30. The summed E-state index contributed by atoms with van der Waals surface area (Å²) in [6.45, 7) is 2.47. The van der Waals surface area contributed by atoms with E-state index in [0.29, 0.717) is 23.2 Å². The minimum absolute atomic E-state index is 0.103. The first-order valence-corrected chi connectivity index (χ1v) is 13.0. The Kier molecular flexibility index (Phi) is 11.5. The van der Waals surface area contributed by atoms with E-state index in [9.17, 15) is 20.0 Å². The molecule has 4 aromatic rings. The number of aliphatic carboxylic acids is 1. The molecule has 212 valence electrons. The summed E-state index contributed by atoms with van der Waals surface area (Å²) < 4.78 is 2.03. The summed E-state index contributed by atoms with van der Waals surface area (Å²) in [7, 11) is 0. The Morgan fingerprint density at radius 1 is 1.15 bits per heavy atom. The molecule has 0 fully saturated rings. The minimum Gasteiger partial charge on any atom is -0.481 e. The second kappa shape index (κ2) is 15.3. The molecule has 0 aliphatic heterocycles. The first-order valence-electron chi connectivity index (χ1n) is 12.6. The topological polar surface area (TPSA) is 182 Å². The van der Waals surface area contributed by atoms with E-state index >= 15 is 0 Å². The zero-order valence-corrected chi connectivity index (χ0v) is 22.6. The van der Waals surface area contributed by atoms with Gasteiger partial charge in [-0.1, -0.05) is 73.5 Å². The van der Waals surface area contributed by atoms with Crippen LogP contribution in [0.25, 0.3) is 22.5 Å². The molecule has 0 saturated carbocycles. The van der Waals surface area contributed by atoms with Gasteiger partial charge in [-0.15, -0.1) is 20.3 Å². The Bertz CT molecular complexity index is 1360. The Hall–Kier alpha value is -4.36. The van der Waals surface area contributed by atoms with E-state index in [1.165, 1.54) is 0 Å². The maximum absolute atomic E-state index is 9.82. The number of hydrogen-bond acceptors (Lipinski definition) is 9. The summed E-state index contributed by atoms with van der Waals surface area (Å²) in [6, 6.07) is 16.3. The fourth-order valence-electron chi connectivity index (χ4n) is 3.91. The van der Waals surface area contributed by atoms with Gasteiger partial charge in [-0.05, 0) is 34.7 Å². The predicted molar refractivity (Wildman–Crippen MR) is 146 cm³/mol. The van der Waals surface area contributed by atoms with Crippen LogP contribution < -0.4 is 0 Å². The third-order valence-corrected chi connectivity index (χ3v) is 6.16. The molecule has 0 unspecified atom stereocenters. The average molecular weight is 572 g/mol. The van der Waals surface area contributed by atoms with Crippen molar-refractivity contribution >= 4 is 17.6 Å². The lowest BCUT2D eigenvalue weighted by atomic mass is 9.98. The van der Waals surface area contributed by atoms with Gasteiger partial charge in [0, 0.05) is 24.9 Å². The van der Waals surface area contributed by atoms with E-state index in [1.54, 1.807) is 0 Å². The van der Waals surface area contributed by atoms with Crippen LogP contribution in [0.15, 0.2) is 48.5 Å². The second-order valence-corrected chi connectivity index (χ2v) is 9.00. The number of aliphatic hydroxyl groups is 1. The van der Waals surface area contributed by atoms with E-state index in [4.69, 9.17) is 16.7 Å². The molecule has 40 heavy (non-hydrogen) atoms. The number of nitrogens with zero attached hydrogens (tertiary/aromatic N) is 6. The summed E-state index contributed by atoms with van der Waals surface area (Å²) in [4.78, 5) is 27.6. The number of carboxylic acids is 1. The van der Waals surface area contributed by atoms with Crippen molar-refractivity contribution in [3.63, 3.8) is 0 Å². The zero-order valence-electron chi connectivity index (χ0n) is 21.9. The smallest absolute Gasteiger partial charge is 0.303 e. The van der Waals surface area contributed by atoms with Crippen molar-refractivity contribution in [2.45, 2.75) is 52.2 Å². The third-order valence-electron chi connectivity index (χ3n) is 5.86. The van der Waals surface area contributed by atoms with Crippen LogP contribution in [0, 0.1) is 10.1 Å². The molecule has 3 N–H and O–H groups in total. The van der Waals surface area contributed by atoms with E-state index in [1.807, 2.05) is 28.8 Å². The lowest BCUT2D eigenvalue weighted by Crippen LogP contribution is -2.09. The lowest BCUT2D eigenvalue weighted by Gasteiger charge is -2.12. The van der Waals surface area contributed by atoms with Crippen molar-refractivity contribution < 1.29 is 24.9 Å². The summed E-state index contributed by atoms with van der Waals surface area (Å²) in [5.74, 6) is 0.500. The highest BCUT2D eigenvalue weighted by atomic mass is 35.5. The maximum atomic E-state index is 9.82. The molecule has 0 spiro atoms. The quantitative estimate of drug-likeness (QED) is 0.119. The van der Waals surface area contributed by atoms with E-state index in [2.05, 4.69) is 61.6 Å². The number of aliphatic hydroxyl groups excluding tert-OH is 1. The van der Waals surface area contributed by atoms with E-state index in [0.717, 1.165) is 47.3 Å². The van der Waals surface area contributed by atoms with Crippen LogP contribution in [-0.4, -0.2) is 58.1 Å². The molecule has 4 rings (SSSR count). The molecule has 0 bridgehead atoms. The Morgan fingerprint density at radius 2 is 1.88 bits per heavy atom. The molecular weight excluding hydrogens is 542 g/mol. The van der Waals surface area contributed by atoms with Crippen molar-refractivity contribution in [2.75, 3.05) is 6.61 Å². The van der Waals surface area contributed by atoms with Crippen LogP contribution in [0.3, 0.4) is 0 Å². The van der Waals surface area contributed by atoms with Crippen molar-refractivity contribution in [3.8, 4) is 22.5 Å². The Morgan fingerprint density at radius 3 is 2.48 bits per heavy atom. The fourth-order valence-corrected chi connectivity index (χ4v) is 4.17. The normalized spacial score (nSPS) is 10.6. The molecule has 2 aromatic heterocycles. The number of hydrogen-bond donors (Lipinski definition) is 3. The largest absolute Gasteiger partial charge is 0.481 e. The second-order valence-electron chi connectivity index (χ2n) is 8.65. The molecule has 14 heteroatoms. The molecule has 0 amide bonds. The van der Waals surface area contributed by atoms with Gasteiger partial charge in [0.15, 0.2) is 5.15 Å². The number of H-pyrrole nitrogens is 1. The first kappa shape index (κ1) is 30.2. The van der Waals surface area contributed by atoms with Gasteiger partial charge >= 0.3 is 5.97 Å². The molecule has 2 heterocycles. The van der Waals surface area contributed by atoms with Crippen LogP contribution in [-0.2, 0) is 29.2 Å². The van der Waals surface area contributed by atoms with Gasteiger partial charge in [0.05, 0.1) is 18.9 Å². The number of halogens is 1. The lowest BCUT2D eigenvalue weighted by molar-refractivity contribution is -0.757. The number of carboxylic acid groups (broad SMARTS) is 1. The number of nitrogens with one attached hydrogen (secondary N) is 1. The number of aryl methyl sites for hydroxylation is 1. The fraction of sp³-hybridized carbons (Fsp3) is 0.346. The summed E-state index contributed by atoms with van der Waals surface area (Å²) >= 11 is 6.26. The van der Waals surface area contributed by atoms with Crippen molar-refractivity contribution in [2.24, 2.45) is 0 Å². The number of carbonyl (C=O) groups is 1. The monoisotopic (exact) mass is 571 g/mol. The zero-order chi connectivity index (χ0) is 28.9. The van der Waals surface area contributed by atoms with Gasteiger partial charge in [-0.2, -0.15) is 5.21 Å². The van der Waals surface area contributed by atoms with Gasteiger partial charge in [0.2, 0.25) is 5.82 Å². The maximum Gasteiger partial charge on any atom is 0.303 e. The van der Waals surface area contributed by atoms with Gasteiger partial charge < -0.3 is 19.6 Å². The van der Waals surface area contributed by atoms with Crippen LogP contribution in [0.1, 0.15) is 49.7 Å². The third kappa shape index (κ3) is 8.58. The van der Waals surface area contributed by atoms with Crippen molar-refractivity contribution in [1.29, 1.82) is 0 Å². The van der Waals surface area contributed by atoms with E-state index < -0.39 is 11.1 Å². The molecule has 0 aliphatic carbocycles. The highest BCUT2D eigenvalue weighted by Crippen LogP contribution is 2.30. The van der Waals surface area contributed by atoms with Gasteiger partial charge in [0.1, 0.15) is 5.82 Å². The number of benzene rings is 2. The standard InChI is InChI=1S/C22H23ClN6O.C4H7NO5/c1-2-3-8-20-24-21(23)19(14-30)29(20)13-15-9-11-16(12-10-15)17-6-4-5-7-18(17)22-25-27-28-26-22;6-4(7)2-1-3-10-5(8)9/h4-7,9-12,30H,2-3,8,13-14H2,1H3,(H,25,26,27,28);1-3H2,(H,6,7). The van der Waals surface area contributed by atoms with Crippen LogP contribution in [0.4, 0.5) is 0 Å². The van der Waals surface area contributed by atoms with Crippen LogP contribution in [0.2, 0.25) is 5.15 Å². The molecular formula is C26H30ClN7O6. The van der Waals surface area contributed by atoms with Gasteiger partial charge in [-0.25, -0.2) is 4.98 Å². The van der Waals surface area contributed by atoms with E-state index in [-0.39, 0.29) is 26.1 Å². The van der Waals surface area contributed by atoms with Gasteiger partial charge in [-0.3, -0.25) is 4.79 Å². The minimum atomic E-state index is -0.980. The number of tetrazole rings is 1.